The van der Waals surface area contributed by atoms with Crippen LogP contribution < -0.4 is 5.32 Å². The highest BCUT2D eigenvalue weighted by molar-refractivity contribution is 8.00. The minimum absolute atomic E-state index is 0.233. The van der Waals surface area contributed by atoms with Crippen molar-refractivity contribution in [1.29, 1.82) is 0 Å². The van der Waals surface area contributed by atoms with Crippen molar-refractivity contribution in [1.82, 2.24) is 5.32 Å². The van der Waals surface area contributed by atoms with Crippen LogP contribution in [0.3, 0.4) is 0 Å². The highest BCUT2D eigenvalue weighted by Crippen LogP contribution is 2.23. The van der Waals surface area contributed by atoms with Crippen LogP contribution in [0.25, 0.3) is 0 Å². The zero-order valence-electron chi connectivity index (χ0n) is 11.9. The summed E-state index contributed by atoms with van der Waals surface area (Å²) in [5.74, 6) is 0.851. The Balaban J connectivity index is 2.52. The predicted octanol–water partition coefficient (Wildman–Crippen LogP) is 2.63. The normalized spacial score (nSPS) is 11.7. The molecule has 0 radical (unpaired) electrons. The third-order valence-electron chi connectivity index (χ3n) is 2.71. The quantitative estimate of drug-likeness (QED) is 0.592. The minimum Gasteiger partial charge on any atom is -0.313 e. The summed E-state index contributed by atoms with van der Waals surface area (Å²) >= 11 is 1.61. The van der Waals surface area contributed by atoms with Crippen LogP contribution in [0.15, 0.2) is 23.1 Å². The van der Waals surface area contributed by atoms with E-state index in [2.05, 4.69) is 37.4 Å². The molecule has 3 nitrogen and oxygen atoms in total. The summed E-state index contributed by atoms with van der Waals surface area (Å²) in [5.41, 5.74) is 2.49. The number of hydrogen-bond acceptors (Lipinski definition) is 4. The second-order valence-electron chi connectivity index (χ2n) is 4.75. The molecule has 5 heteroatoms. The van der Waals surface area contributed by atoms with Crippen LogP contribution in [0, 0.1) is 6.92 Å². The van der Waals surface area contributed by atoms with Gasteiger partial charge >= 0.3 is 0 Å². The van der Waals surface area contributed by atoms with Crippen LogP contribution in [0.4, 0.5) is 0 Å². The molecular weight excluding hydrogens is 278 g/mol. The molecule has 0 bridgehead atoms. The summed E-state index contributed by atoms with van der Waals surface area (Å²) in [6.07, 6.45) is 2.42. The molecule has 19 heavy (non-hydrogen) atoms. The first-order valence-electron chi connectivity index (χ1n) is 6.53. The minimum atomic E-state index is -2.86. The second kappa shape index (κ2) is 7.92. The van der Waals surface area contributed by atoms with Crippen LogP contribution in [0.5, 0.6) is 0 Å². The van der Waals surface area contributed by atoms with Crippen LogP contribution in [-0.4, -0.2) is 32.7 Å². The lowest BCUT2D eigenvalue weighted by atomic mass is 10.1. The summed E-state index contributed by atoms with van der Waals surface area (Å²) < 4.78 is 22.2. The summed E-state index contributed by atoms with van der Waals surface area (Å²) in [6, 6.07) is 6.37. The maximum Gasteiger partial charge on any atom is 0.148 e. The van der Waals surface area contributed by atoms with Crippen LogP contribution in [0.2, 0.25) is 0 Å². The van der Waals surface area contributed by atoms with Gasteiger partial charge in [0.25, 0.3) is 0 Å². The van der Waals surface area contributed by atoms with Crippen molar-refractivity contribution < 1.29 is 8.42 Å². The van der Waals surface area contributed by atoms with Gasteiger partial charge in [0, 0.05) is 23.4 Å². The molecule has 0 spiro atoms. The molecule has 0 amide bonds. The van der Waals surface area contributed by atoms with E-state index < -0.39 is 9.84 Å². The number of sulfone groups is 1. The average Bonchev–Trinajstić information content (AvgIpc) is 2.31. The van der Waals surface area contributed by atoms with Gasteiger partial charge in [-0.3, -0.25) is 0 Å². The molecule has 0 aliphatic rings. The van der Waals surface area contributed by atoms with Crippen molar-refractivity contribution in [3.05, 3.63) is 29.3 Å². The Kier molecular flexibility index (Phi) is 6.89. The van der Waals surface area contributed by atoms with Crippen molar-refractivity contribution in [3.8, 4) is 0 Å². The molecule has 0 aliphatic heterocycles. The first kappa shape index (κ1) is 16.5. The van der Waals surface area contributed by atoms with Crippen molar-refractivity contribution in [2.75, 3.05) is 24.3 Å². The van der Waals surface area contributed by atoms with Gasteiger partial charge in [-0.25, -0.2) is 8.42 Å². The Bertz CT molecular complexity index is 498. The van der Waals surface area contributed by atoms with E-state index in [1.54, 1.807) is 11.8 Å². The standard InChI is InChI=1S/C14H23NO2S2/c1-4-7-15-11-13-5-6-14(12(2)10-13)18-8-9-19(3,16)17/h5-6,10,15H,4,7-9,11H2,1-3H3. The molecule has 108 valence electrons. The smallest absolute Gasteiger partial charge is 0.148 e. The average molecular weight is 301 g/mol. The number of thioether (sulfide) groups is 1. The van der Waals surface area contributed by atoms with Gasteiger partial charge in [-0.2, -0.15) is 0 Å². The van der Waals surface area contributed by atoms with Gasteiger partial charge in [-0.05, 0) is 37.1 Å². The van der Waals surface area contributed by atoms with Crippen LogP contribution in [-0.2, 0) is 16.4 Å². The lowest BCUT2D eigenvalue weighted by molar-refractivity contribution is 0.603. The molecule has 0 fully saturated rings. The molecule has 0 heterocycles. The van der Waals surface area contributed by atoms with E-state index in [1.807, 2.05) is 0 Å². The Hall–Kier alpha value is -0.520. The zero-order chi connectivity index (χ0) is 14.3. The van der Waals surface area contributed by atoms with Gasteiger partial charge in [0.05, 0.1) is 5.75 Å². The van der Waals surface area contributed by atoms with Gasteiger partial charge in [0.1, 0.15) is 9.84 Å². The Morgan fingerprint density at radius 1 is 1.32 bits per heavy atom. The van der Waals surface area contributed by atoms with Crippen LogP contribution >= 0.6 is 11.8 Å². The Morgan fingerprint density at radius 3 is 2.63 bits per heavy atom. The number of rotatable bonds is 8. The molecule has 0 atom stereocenters. The number of benzene rings is 1. The number of nitrogens with one attached hydrogen (secondary N) is 1. The predicted molar refractivity (Wildman–Crippen MR) is 83.6 cm³/mol. The molecule has 1 N–H and O–H groups in total. The lowest BCUT2D eigenvalue weighted by Crippen LogP contribution is -2.13. The van der Waals surface area contributed by atoms with Gasteiger partial charge in [-0.1, -0.05) is 19.1 Å². The highest BCUT2D eigenvalue weighted by Gasteiger charge is 2.05. The molecule has 0 aromatic heterocycles. The molecule has 1 rings (SSSR count). The Morgan fingerprint density at radius 2 is 2.05 bits per heavy atom. The van der Waals surface area contributed by atoms with E-state index in [0.717, 1.165) is 19.5 Å². The summed E-state index contributed by atoms with van der Waals surface area (Å²) in [7, 11) is -2.86. The summed E-state index contributed by atoms with van der Waals surface area (Å²) in [4.78, 5) is 1.17. The first-order chi connectivity index (χ1) is 8.92. The molecule has 1 aromatic rings. The summed E-state index contributed by atoms with van der Waals surface area (Å²) in [5, 5.41) is 3.37. The third-order valence-corrected chi connectivity index (χ3v) is 5.09. The molecule has 0 saturated heterocycles. The maximum absolute atomic E-state index is 11.1. The zero-order valence-corrected chi connectivity index (χ0v) is 13.5. The largest absolute Gasteiger partial charge is 0.313 e. The monoisotopic (exact) mass is 301 g/mol. The van der Waals surface area contributed by atoms with E-state index in [0.29, 0.717) is 5.75 Å². The SMILES string of the molecule is CCCNCc1ccc(SCCS(C)(=O)=O)c(C)c1. The third kappa shape index (κ3) is 6.99. The fourth-order valence-corrected chi connectivity index (χ4v) is 3.91. The van der Waals surface area contributed by atoms with E-state index in [-0.39, 0.29) is 5.75 Å². The highest BCUT2D eigenvalue weighted by atomic mass is 32.2. The van der Waals surface area contributed by atoms with Gasteiger partial charge in [-0.15, -0.1) is 11.8 Å². The molecule has 1 aromatic carbocycles. The number of hydrogen-bond donors (Lipinski definition) is 1. The fraction of sp³-hybridized carbons (Fsp3) is 0.571. The first-order valence-corrected chi connectivity index (χ1v) is 9.57. The maximum atomic E-state index is 11.1. The van der Waals surface area contributed by atoms with Crippen molar-refractivity contribution in [3.63, 3.8) is 0 Å². The van der Waals surface area contributed by atoms with E-state index in [9.17, 15) is 8.42 Å². The fourth-order valence-electron chi connectivity index (χ4n) is 1.70. The molecule has 0 saturated carbocycles. The van der Waals surface area contributed by atoms with Crippen molar-refractivity contribution >= 4 is 21.6 Å². The molecule has 0 unspecified atom stereocenters. The lowest BCUT2D eigenvalue weighted by Gasteiger charge is -2.09. The molecule has 0 aliphatic carbocycles. The van der Waals surface area contributed by atoms with Crippen LogP contribution in [0.1, 0.15) is 24.5 Å². The van der Waals surface area contributed by atoms with Gasteiger partial charge in [0.2, 0.25) is 0 Å². The second-order valence-corrected chi connectivity index (χ2v) is 8.15. The van der Waals surface area contributed by atoms with E-state index in [4.69, 9.17) is 0 Å². The summed E-state index contributed by atoms with van der Waals surface area (Å²) in [6.45, 7) is 6.15. The van der Waals surface area contributed by atoms with Gasteiger partial charge in [0.15, 0.2) is 0 Å². The van der Waals surface area contributed by atoms with E-state index >= 15 is 0 Å². The van der Waals surface area contributed by atoms with Crippen molar-refractivity contribution in [2.45, 2.75) is 31.7 Å². The topological polar surface area (TPSA) is 46.2 Å². The Labute approximate surface area is 121 Å². The van der Waals surface area contributed by atoms with Crippen molar-refractivity contribution in [2.24, 2.45) is 0 Å². The van der Waals surface area contributed by atoms with E-state index in [1.165, 1.54) is 22.3 Å². The molecular formula is C14H23NO2S2. The van der Waals surface area contributed by atoms with Gasteiger partial charge < -0.3 is 5.32 Å². The number of aryl methyl sites for hydroxylation is 1.